The molecular weight excluding hydrogens is 644 g/mol. The van der Waals surface area contributed by atoms with Gasteiger partial charge in [0.1, 0.15) is 23.7 Å². The second-order valence-corrected chi connectivity index (χ2v) is 11.3. The lowest BCUT2D eigenvalue weighted by Crippen LogP contribution is -2.28. The summed E-state index contributed by atoms with van der Waals surface area (Å²) in [5.41, 5.74) is 0.574. The van der Waals surface area contributed by atoms with Gasteiger partial charge in [-0.15, -0.1) is 0 Å². The first-order valence-electron chi connectivity index (χ1n) is 14.4. The molecule has 4 aromatic rings. The molecule has 0 aliphatic rings. The number of carbonyl (C=O) groups is 3. The number of rotatable bonds is 16. The molecule has 0 saturated heterocycles. The molecule has 0 spiro atoms. The normalized spacial score (nSPS) is 10.9. The molecule has 0 fully saturated rings. The third-order valence-electron chi connectivity index (χ3n) is 6.91. The van der Waals surface area contributed by atoms with Gasteiger partial charge in [0.05, 0.1) is 45.4 Å². The van der Waals surface area contributed by atoms with Crippen LogP contribution in [0.5, 0.6) is 11.5 Å². The van der Waals surface area contributed by atoms with Crippen LogP contribution in [0, 0.1) is 25.6 Å². The maximum absolute atomic E-state index is 12.8. The van der Waals surface area contributed by atoms with E-state index >= 15 is 0 Å². The number of ether oxygens (including phenoxy) is 2. The molecule has 49 heavy (non-hydrogen) atoms. The first kappa shape index (κ1) is 35.3. The molecule has 0 heterocycles. The SMILES string of the molecule is CC(C)(COc1ccc(NOCc2c(C(=O)O)cccc2[N+](=O)[O-])cc1)COc1ccc(NC(=O)c2c(C(=O)O)cccc2[N+](=O)[O-])cc1. The predicted molar refractivity (Wildman–Crippen MR) is 174 cm³/mol. The number of hydrogen-bond acceptors (Lipinski definition) is 11. The van der Waals surface area contributed by atoms with Crippen LogP contribution in [0.25, 0.3) is 0 Å². The van der Waals surface area contributed by atoms with Crippen LogP contribution < -0.4 is 20.3 Å². The van der Waals surface area contributed by atoms with Crippen molar-refractivity contribution in [2.75, 3.05) is 24.0 Å². The van der Waals surface area contributed by atoms with Crippen LogP contribution in [0.4, 0.5) is 22.7 Å². The second-order valence-electron chi connectivity index (χ2n) is 11.3. The molecule has 0 bridgehead atoms. The fourth-order valence-corrected chi connectivity index (χ4v) is 4.44. The zero-order valence-corrected chi connectivity index (χ0v) is 26.1. The van der Waals surface area contributed by atoms with Gasteiger partial charge in [-0.1, -0.05) is 26.0 Å². The summed E-state index contributed by atoms with van der Waals surface area (Å²) in [6.07, 6.45) is 0. The summed E-state index contributed by atoms with van der Waals surface area (Å²) in [6, 6.07) is 19.9. The zero-order valence-electron chi connectivity index (χ0n) is 26.1. The number of aromatic carboxylic acids is 2. The number of carbonyl (C=O) groups excluding carboxylic acids is 1. The quantitative estimate of drug-likeness (QED) is 0.0769. The first-order chi connectivity index (χ1) is 23.3. The number of nitrogens with zero attached hydrogens (tertiary/aromatic N) is 2. The molecule has 254 valence electrons. The highest BCUT2D eigenvalue weighted by Gasteiger charge is 2.27. The van der Waals surface area contributed by atoms with E-state index in [1.165, 1.54) is 36.4 Å². The molecule has 16 nitrogen and oxygen atoms in total. The maximum Gasteiger partial charge on any atom is 0.336 e. The van der Waals surface area contributed by atoms with Gasteiger partial charge in [-0.2, -0.15) is 0 Å². The largest absolute Gasteiger partial charge is 0.493 e. The van der Waals surface area contributed by atoms with Gasteiger partial charge in [0.2, 0.25) is 0 Å². The number of nitro benzene ring substituents is 2. The van der Waals surface area contributed by atoms with Crippen LogP contribution in [0.3, 0.4) is 0 Å². The molecule has 0 aliphatic heterocycles. The van der Waals surface area contributed by atoms with E-state index in [-0.39, 0.29) is 42.3 Å². The van der Waals surface area contributed by atoms with E-state index in [1.54, 1.807) is 36.4 Å². The minimum Gasteiger partial charge on any atom is -0.493 e. The predicted octanol–water partition coefficient (Wildman–Crippen LogP) is 6.18. The summed E-state index contributed by atoms with van der Waals surface area (Å²) >= 11 is 0. The van der Waals surface area contributed by atoms with Crippen molar-refractivity contribution in [3.05, 3.63) is 127 Å². The molecule has 4 rings (SSSR count). The Balaban J connectivity index is 1.27. The van der Waals surface area contributed by atoms with E-state index in [0.717, 1.165) is 12.1 Å². The van der Waals surface area contributed by atoms with Crippen molar-refractivity contribution >= 4 is 40.6 Å². The number of nitro groups is 2. The highest BCUT2D eigenvalue weighted by atomic mass is 16.6. The van der Waals surface area contributed by atoms with E-state index in [4.69, 9.17) is 14.3 Å². The summed E-state index contributed by atoms with van der Waals surface area (Å²) in [5, 5.41) is 44.0. The number of hydrogen-bond donors (Lipinski definition) is 4. The second kappa shape index (κ2) is 15.4. The maximum atomic E-state index is 12.8. The topological polar surface area (TPSA) is 230 Å². The molecular formula is C33H30N4O12. The van der Waals surface area contributed by atoms with E-state index in [1.807, 2.05) is 13.8 Å². The first-order valence-corrected chi connectivity index (χ1v) is 14.4. The minimum absolute atomic E-state index is 0.0768. The van der Waals surface area contributed by atoms with Crippen LogP contribution in [0.1, 0.15) is 50.5 Å². The van der Waals surface area contributed by atoms with Crippen molar-refractivity contribution in [1.82, 2.24) is 0 Å². The summed E-state index contributed by atoms with van der Waals surface area (Å²) in [4.78, 5) is 62.4. The van der Waals surface area contributed by atoms with Crippen LogP contribution in [-0.2, 0) is 11.4 Å². The lowest BCUT2D eigenvalue weighted by atomic mass is 9.96. The zero-order chi connectivity index (χ0) is 35.7. The summed E-state index contributed by atoms with van der Waals surface area (Å²) in [7, 11) is 0. The molecule has 0 radical (unpaired) electrons. The molecule has 4 aromatic carbocycles. The molecule has 0 unspecified atom stereocenters. The van der Waals surface area contributed by atoms with Gasteiger partial charge in [0.25, 0.3) is 17.3 Å². The highest BCUT2D eigenvalue weighted by Crippen LogP contribution is 2.27. The van der Waals surface area contributed by atoms with Gasteiger partial charge in [0.15, 0.2) is 0 Å². The van der Waals surface area contributed by atoms with Crippen molar-refractivity contribution in [3.8, 4) is 11.5 Å². The summed E-state index contributed by atoms with van der Waals surface area (Å²) in [6.45, 7) is 3.99. The minimum atomic E-state index is -1.47. The molecule has 0 saturated carbocycles. The van der Waals surface area contributed by atoms with E-state index in [2.05, 4.69) is 10.8 Å². The number of anilines is 2. The Morgan fingerprint density at radius 3 is 1.71 bits per heavy atom. The fourth-order valence-electron chi connectivity index (χ4n) is 4.44. The van der Waals surface area contributed by atoms with Gasteiger partial charge < -0.3 is 25.0 Å². The lowest BCUT2D eigenvalue weighted by Gasteiger charge is -2.25. The van der Waals surface area contributed by atoms with Crippen LogP contribution in [-0.4, -0.2) is 51.1 Å². The monoisotopic (exact) mass is 674 g/mol. The number of amides is 1. The average Bonchev–Trinajstić information content (AvgIpc) is 3.07. The van der Waals surface area contributed by atoms with Gasteiger partial charge in [-0.25, -0.2) is 9.59 Å². The van der Waals surface area contributed by atoms with Gasteiger partial charge in [-0.05, 0) is 60.7 Å². The van der Waals surface area contributed by atoms with Crippen LogP contribution in [0.2, 0.25) is 0 Å². The molecule has 16 heteroatoms. The third-order valence-corrected chi connectivity index (χ3v) is 6.91. The molecule has 1 amide bonds. The molecule has 0 atom stereocenters. The Bertz CT molecular complexity index is 1810. The Hall–Kier alpha value is -6.55. The average molecular weight is 675 g/mol. The molecule has 0 aliphatic carbocycles. The summed E-state index contributed by atoms with van der Waals surface area (Å²) in [5.74, 6) is -2.72. The van der Waals surface area contributed by atoms with Crippen molar-refractivity contribution in [2.45, 2.75) is 20.5 Å². The van der Waals surface area contributed by atoms with Crippen molar-refractivity contribution in [3.63, 3.8) is 0 Å². The Morgan fingerprint density at radius 1 is 0.714 bits per heavy atom. The Morgan fingerprint density at radius 2 is 1.20 bits per heavy atom. The van der Waals surface area contributed by atoms with Crippen molar-refractivity contribution in [2.24, 2.45) is 5.41 Å². The smallest absolute Gasteiger partial charge is 0.336 e. The number of carboxylic acids is 2. The van der Waals surface area contributed by atoms with Gasteiger partial charge in [0, 0.05) is 23.2 Å². The Kier molecular flexibility index (Phi) is 11.1. The molecule has 4 N–H and O–H groups in total. The fraction of sp³-hybridized carbons (Fsp3) is 0.182. The van der Waals surface area contributed by atoms with Crippen LogP contribution >= 0.6 is 0 Å². The van der Waals surface area contributed by atoms with Crippen LogP contribution in [0.15, 0.2) is 84.9 Å². The summed E-state index contributed by atoms with van der Waals surface area (Å²) < 4.78 is 11.8. The number of carboxylic acid groups (broad SMARTS) is 2. The molecule has 0 aromatic heterocycles. The number of benzene rings is 4. The standard InChI is InChI=1S/C33H30N4O12/c1-33(2,18-47-22-13-9-20(10-14-22)34-30(38)29-25(32(41)42)6-4-8-28(29)37(45)46)19-48-23-15-11-21(12-16-23)35-49-17-26-24(31(39)40)5-3-7-27(26)36(43)44/h3-16,35H,17-19H2,1-2H3,(H,34,38)(H,39,40)(H,41,42). The van der Waals surface area contributed by atoms with Gasteiger partial charge >= 0.3 is 11.9 Å². The Labute approximate surface area is 278 Å². The van der Waals surface area contributed by atoms with Crippen molar-refractivity contribution in [1.29, 1.82) is 0 Å². The van der Waals surface area contributed by atoms with Gasteiger partial charge in [-0.3, -0.25) is 35.3 Å². The van der Waals surface area contributed by atoms with Crippen molar-refractivity contribution < 1.29 is 48.8 Å². The lowest BCUT2D eigenvalue weighted by molar-refractivity contribution is -0.386. The van der Waals surface area contributed by atoms with E-state index in [0.29, 0.717) is 17.2 Å². The van der Waals surface area contributed by atoms with E-state index in [9.17, 15) is 44.8 Å². The highest BCUT2D eigenvalue weighted by molar-refractivity contribution is 6.13. The van der Waals surface area contributed by atoms with E-state index < -0.39 is 49.9 Å². The number of nitrogens with one attached hydrogen (secondary N) is 2. The third kappa shape index (κ3) is 9.26.